The minimum atomic E-state index is -1.32. The van der Waals surface area contributed by atoms with Gasteiger partial charge in [0.2, 0.25) is 11.8 Å². The number of aromatic nitrogens is 1. The molecule has 1 aromatic rings. The van der Waals surface area contributed by atoms with Crippen molar-refractivity contribution in [1.82, 2.24) is 4.73 Å². The molecule has 0 saturated heterocycles. The number of aromatic hydroxyl groups is 2. The Morgan fingerprint density at radius 3 is 1.43 bits per heavy atom. The average Bonchev–Trinajstić information content (AvgIpc) is 3.34. The molecular weight excluding hydrogens is 618 g/mol. The van der Waals surface area contributed by atoms with Crippen molar-refractivity contribution in [1.29, 1.82) is 0 Å². The van der Waals surface area contributed by atoms with Crippen molar-refractivity contribution in [2.24, 2.45) is 0 Å². The number of hydrogen-bond acceptors (Lipinski definition) is 16. The third kappa shape index (κ3) is 18.4. The van der Waals surface area contributed by atoms with E-state index in [4.69, 9.17) is 38.0 Å². The highest BCUT2D eigenvalue weighted by Crippen LogP contribution is 2.19. The molecule has 1 aromatic heterocycles. The quantitative estimate of drug-likeness (QED) is 0.0656. The molecule has 1 heterocycles. The number of nitrogens with zero attached hydrogens (tertiary/aromatic N) is 1. The van der Waals surface area contributed by atoms with Gasteiger partial charge in [-0.1, -0.05) is 13.2 Å². The zero-order valence-corrected chi connectivity index (χ0v) is 25.3. The maximum Gasteiger partial charge on any atom is 0.333 e. The Morgan fingerprint density at radius 2 is 1.00 bits per heavy atom. The van der Waals surface area contributed by atoms with Crippen molar-refractivity contribution in [2.75, 3.05) is 39.6 Å². The summed E-state index contributed by atoms with van der Waals surface area (Å²) in [5.41, 5.74) is 0. The van der Waals surface area contributed by atoms with E-state index < -0.39 is 79.7 Å². The first-order valence-electron chi connectivity index (χ1n) is 14.1. The smallest absolute Gasteiger partial charge is 0.333 e. The monoisotopic (exact) mass is 657 g/mol. The molecule has 0 aliphatic rings. The van der Waals surface area contributed by atoms with Crippen molar-refractivity contribution in [3.05, 3.63) is 37.8 Å². The molecule has 0 bridgehead atoms. The van der Waals surface area contributed by atoms with E-state index >= 15 is 0 Å². The highest BCUT2D eigenvalue weighted by Gasteiger charge is 2.22. The molecule has 0 atom stereocenters. The summed E-state index contributed by atoms with van der Waals surface area (Å²) in [6, 6.07) is 2.14. The normalized spacial score (nSPS) is 10.3. The lowest BCUT2D eigenvalue weighted by atomic mass is 10.3. The first kappa shape index (κ1) is 38.8. The maximum absolute atomic E-state index is 12.4. The average molecular weight is 658 g/mol. The van der Waals surface area contributed by atoms with Crippen LogP contribution >= 0.6 is 0 Å². The molecule has 256 valence electrons. The molecule has 0 spiro atoms. The molecule has 0 amide bonds. The minimum Gasteiger partial charge on any atom is -0.502 e. The van der Waals surface area contributed by atoms with Gasteiger partial charge in [0.05, 0.1) is 77.5 Å². The highest BCUT2D eigenvalue weighted by molar-refractivity contribution is 5.79. The first-order valence-corrected chi connectivity index (χ1v) is 14.1. The number of rotatable bonds is 25. The van der Waals surface area contributed by atoms with Crippen molar-refractivity contribution in [3.8, 4) is 11.8 Å². The van der Waals surface area contributed by atoms with Crippen molar-refractivity contribution in [2.45, 2.75) is 57.5 Å². The van der Waals surface area contributed by atoms with Crippen LogP contribution in [0, 0.1) is 0 Å². The zero-order chi connectivity index (χ0) is 34.2. The molecule has 17 nitrogen and oxygen atoms in total. The van der Waals surface area contributed by atoms with E-state index in [1.54, 1.807) is 0 Å². The number of hydrogen-bond donors (Lipinski definition) is 2. The molecule has 0 fully saturated rings. The Morgan fingerprint density at radius 1 is 0.609 bits per heavy atom. The predicted molar refractivity (Wildman–Crippen MR) is 152 cm³/mol. The lowest BCUT2D eigenvalue weighted by molar-refractivity contribution is -0.168. The second-order valence-corrected chi connectivity index (χ2v) is 9.01. The van der Waals surface area contributed by atoms with Crippen LogP contribution in [-0.2, 0) is 61.9 Å². The van der Waals surface area contributed by atoms with Gasteiger partial charge in [0.1, 0.15) is 13.2 Å². The Kier molecular flexibility index (Phi) is 19.6. The molecule has 0 saturated carbocycles. The van der Waals surface area contributed by atoms with Gasteiger partial charge in [0.25, 0.3) is 0 Å². The molecule has 0 radical (unpaired) electrons. The van der Waals surface area contributed by atoms with Gasteiger partial charge in [0, 0.05) is 25.0 Å². The van der Waals surface area contributed by atoms with E-state index in [-0.39, 0.29) is 38.9 Å². The van der Waals surface area contributed by atoms with Gasteiger partial charge in [-0.05, 0) is 0 Å². The van der Waals surface area contributed by atoms with E-state index in [0.29, 0.717) is 30.8 Å². The van der Waals surface area contributed by atoms with Crippen LogP contribution in [0.1, 0.15) is 51.4 Å². The van der Waals surface area contributed by atoms with Gasteiger partial charge in [-0.3, -0.25) is 24.0 Å². The molecule has 2 N–H and O–H groups in total. The van der Waals surface area contributed by atoms with Gasteiger partial charge < -0.3 is 48.2 Å². The fourth-order valence-electron chi connectivity index (χ4n) is 3.10. The molecule has 0 unspecified atom stereocenters. The van der Waals surface area contributed by atoms with Crippen LogP contribution in [0.25, 0.3) is 0 Å². The number of esters is 5. The summed E-state index contributed by atoms with van der Waals surface area (Å²) >= 11 is 0. The molecule has 17 heteroatoms. The number of carbonyl (C=O) groups excluding carboxylic acids is 6. The Hall–Kier alpha value is -5.22. The highest BCUT2D eigenvalue weighted by atomic mass is 16.7. The number of carbonyl (C=O) groups is 6. The Labute approximate surface area is 264 Å². The van der Waals surface area contributed by atoms with Gasteiger partial charge in [-0.15, -0.1) is 4.73 Å². The Bertz CT molecular complexity index is 1090. The van der Waals surface area contributed by atoms with E-state index in [1.165, 1.54) is 12.5 Å². The topological polar surface area (TPSA) is 222 Å². The maximum atomic E-state index is 12.4. The van der Waals surface area contributed by atoms with Gasteiger partial charge in [0.15, 0.2) is 6.10 Å². The lowest BCUT2D eigenvalue weighted by Crippen LogP contribution is -2.31. The summed E-state index contributed by atoms with van der Waals surface area (Å²) in [7, 11) is 0. The largest absolute Gasteiger partial charge is 0.502 e. The summed E-state index contributed by atoms with van der Waals surface area (Å²) in [6.07, 6.45) is -0.304. The van der Waals surface area contributed by atoms with Crippen LogP contribution in [0.3, 0.4) is 0 Å². The number of ether oxygens (including phenoxy) is 7. The molecular formula is C29H39NO16. The lowest BCUT2D eigenvalue weighted by Gasteiger charge is -2.18. The van der Waals surface area contributed by atoms with Gasteiger partial charge in [-0.25, -0.2) is 4.79 Å². The summed E-state index contributed by atoms with van der Waals surface area (Å²) in [5.74, 6) is -6.07. The zero-order valence-electron chi connectivity index (χ0n) is 25.3. The standard InChI is InChI=1S/C29H39NO16/c1-3-39-15-5-17-41-24(33)9-11-26(35)43-19-21(20-44-27(36)12-10-25(34)42-18-6-16-40-4-2)45-28(37)13-14-29(38)46-30-22(31)7-8-23(30)32/h3-4,7-8,21,31-32H,1-2,5-6,9-20H2. The molecule has 0 aliphatic carbocycles. The van der Waals surface area contributed by atoms with Crippen LogP contribution in [0.4, 0.5) is 0 Å². The van der Waals surface area contributed by atoms with E-state index in [0.717, 1.165) is 12.1 Å². The molecule has 0 aliphatic heterocycles. The van der Waals surface area contributed by atoms with Crippen molar-refractivity contribution in [3.63, 3.8) is 0 Å². The first-order chi connectivity index (χ1) is 22.0. The SMILES string of the molecule is C=COCCCOC(=O)CCC(=O)OCC(COC(=O)CCC(=O)OCCCOC=C)OC(=O)CCC(=O)On1c(O)ccc1O. The third-order valence-electron chi connectivity index (χ3n) is 5.32. The summed E-state index contributed by atoms with van der Waals surface area (Å²) in [6.45, 7) is 6.39. The van der Waals surface area contributed by atoms with Crippen molar-refractivity contribution >= 4 is 35.8 Å². The predicted octanol–water partition coefficient (Wildman–Crippen LogP) is 1.38. The van der Waals surface area contributed by atoms with E-state index in [2.05, 4.69) is 13.2 Å². The molecule has 46 heavy (non-hydrogen) atoms. The summed E-state index contributed by atoms with van der Waals surface area (Å²) in [4.78, 5) is 77.0. The fourth-order valence-corrected chi connectivity index (χ4v) is 3.10. The van der Waals surface area contributed by atoms with E-state index in [9.17, 15) is 39.0 Å². The molecule has 0 aromatic carbocycles. The van der Waals surface area contributed by atoms with Crippen LogP contribution in [0.15, 0.2) is 37.8 Å². The molecule has 1 rings (SSSR count). The summed E-state index contributed by atoms with van der Waals surface area (Å²) < 4.78 is 35.4. The second-order valence-electron chi connectivity index (χ2n) is 9.01. The van der Waals surface area contributed by atoms with E-state index in [1.807, 2.05) is 0 Å². The third-order valence-corrected chi connectivity index (χ3v) is 5.32. The van der Waals surface area contributed by atoms with Gasteiger partial charge >= 0.3 is 35.8 Å². The second kappa shape index (κ2) is 23.2. The fraction of sp³-hybridized carbons (Fsp3) is 0.517. The van der Waals surface area contributed by atoms with Gasteiger partial charge in [-0.2, -0.15) is 0 Å². The van der Waals surface area contributed by atoms with Crippen LogP contribution in [0.5, 0.6) is 11.8 Å². The van der Waals surface area contributed by atoms with Crippen LogP contribution < -0.4 is 4.84 Å². The minimum absolute atomic E-state index is 0.0782. The van der Waals surface area contributed by atoms with Crippen LogP contribution in [-0.4, -0.2) is 96.5 Å². The summed E-state index contributed by atoms with van der Waals surface area (Å²) in [5, 5.41) is 19.1. The Balaban J connectivity index is 2.57. The van der Waals surface area contributed by atoms with Crippen LogP contribution in [0.2, 0.25) is 0 Å². The van der Waals surface area contributed by atoms with Crippen molar-refractivity contribution < 1.29 is 77.0 Å².